The van der Waals surface area contributed by atoms with Gasteiger partial charge in [0, 0.05) is 23.9 Å². The van der Waals surface area contributed by atoms with E-state index in [-0.39, 0.29) is 52.4 Å². The van der Waals surface area contributed by atoms with Gasteiger partial charge in [-0.05, 0) is 60.9 Å². The summed E-state index contributed by atoms with van der Waals surface area (Å²) < 4.78 is 59.0. The van der Waals surface area contributed by atoms with Crippen molar-refractivity contribution in [1.29, 1.82) is 0 Å². The number of rotatable bonds is 7. The molecule has 1 heterocycles. The van der Waals surface area contributed by atoms with Crippen molar-refractivity contribution in [2.24, 2.45) is 17.8 Å². The number of nitrogens with zero attached hydrogens (tertiary/aromatic N) is 1. The van der Waals surface area contributed by atoms with Crippen LogP contribution in [0.15, 0.2) is 58.2 Å². The summed E-state index contributed by atoms with van der Waals surface area (Å²) in [4.78, 5) is 28.5. The van der Waals surface area contributed by atoms with Gasteiger partial charge in [-0.15, -0.1) is 0 Å². The molecule has 1 aromatic heterocycles. The van der Waals surface area contributed by atoms with Crippen molar-refractivity contribution in [2.45, 2.75) is 35.5 Å². The Morgan fingerprint density at radius 2 is 1.85 bits per heavy atom. The summed E-state index contributed by atoms with van der Waals surface area (Å²) in [5, 5.41) is 15.4. The molecule has 9 nitrogen and oxygen atoms in total. The topological polar surface area (TPSA) is 139 Å². The molecule has 206 valence electrons. The van der Waals surface area contributed by atoms with Crippen LogP contribution in [0, 0.1) is 29.4 Å². The average molecular weight is 580 g/mol. The molecule has 2 bridgehead atoms. The van der Waals surface area contributed by atoms with Gasteiger partial charge in [-0.1, -0.05) is 18.5 Å². The maximum absolute atomic E-state index is 13.6. The first-order valence-electron chi connectivity index (χ1n) is 12.1. The summed E-state index contributed by atoms with van der Waals surface area (Å²) in [5.41, 5.74) is -1.33. The third-order valence-electron chi connectivity index (χ3n) is 7.86. The van der Waals surface area contributed by atoms with E-state index in [4.69, 9.17) is 16.0 Å². The quantitative estimate of drug-likeness (QED) is 0.386. The number of sulfone groups is 1. The fourth-order valence-corrected chi connectivity index (χ4v) is 8.17. The molecule has 3 fully saturated rings. The first-order chi connectivity index (χ1) is 18.4. The average Bonchev–Trinajstić information content (AvgIpc) is 3.45. The molecule has 0 radical (unpaired) electrons. The first-order valence-corrected chi connectivity index (χ1v) is 14.0. The number of fused-ring (bicyclic) bond motifs is 2. The molecule has 2 unspecified atom stereocenters. The summed E-state index contributed by atoms with van der Waals surface area (Å²) >= 11 is 6.25. The van der Waals surface area contributed by atoms with Gasteiger partial charge in [0.05, 0.1) is 27.0 Å². The summed E-state index contributed by atoms with van der Waals surface area (Å²) in [6, 6.07) is 6.61. The van der Waals surface area contributed by atoms with E-state index in [2.05, 4.69) is 15.6 Å². The van der Waals surface area contributed by atoms with Crippen LogP contribution in [-0.4, -0.2) is 47.7 Å². The van der Waals surface area contributed by atoms with Crippen molar-refractivity contribution in [1.82, 2.24) is 10.3 Å². The molecule has 0 aliphatic heterocycles. The highest BCUT2D eigenvalue weighted by molar-refractivity contribution is 7.92. The summed E-state index contributed by atoms with van der Waals surface area (Å²) in [7, 11) is -4.02. The minimum Gasteiger partial charge on any atom is -0.441 e. The van der Waals surface area contributed by atoms with Crippen LogP contribution < -0.4 is 10.6 Å². The lowest BCUT2D eigenvalue weighted by Gasteiger charge is -2.62. The maximum Gasteiger partial charge on any atom is 0.307 e. The fraction of sp³-hybridized carbons (Fsp3) is 0.346. The number of oxazole rings is 1. The van der Waals surface area contributed by atoms with Crippen molar-refractivity contribution < 1.29 is 36.3 Å². The normalized spacial score (nSPS) is 26.0. The molecule has 3 N–H and O–H groups in total. The molecule has 2 aromatic carbocycles. The highest BCUT2D eigenvalue weighted by Gasteiger charge is 2.64. The van der Waals surface area contributed by atoms with E-state index in [9.17, 15) is 31.9 Å². The van der Waals surface area contributed by atoms with Crippen LogP contribution in [0.1, 0.15) is 40.8 Å². The number of aromatic nitrogens is 1. The van der Waals surface area contributed by atoms with Crippen molar-refractivity contribution in [2.75, 3.05) is 11.9 Å². The Bertz CT molecular complexity index is 1530. The highest BCUT2D eigenvalue weighted by Crippen LogP contribution is 2.59. The second-order valence-electron chi connectivity index (χ2n) is 9.95. The number of aliphatic hydroxyl groups is 1. The van der Waals surface area contributed by atoms with Gasteiger partial charge in [-0.3, -0.25) is 9.59 Å². The molecule has 3 aromatic rings. The second-order valence-corrected chi connectivity index (χ2v) is 12.6. The molecule has 0 saturated heterocycles. The molecule has 3 aliphatic carbocycles. The summed E-state index contributed by atoms with van der Waals surface area (Å²) in [6.45, 7) is 1.85. The first kappa shape index (κ1) is 27.2. The lowest BCUT2D eigenvalue weighted by molar-refractivity contribution is -0.211. The summed E-state index contributed by atoms with van der Waals surface area (Å²) in [5.74, 6) is -4.45. The Morgan fingerprint density at radius 3 is 2.49 bits per heavy atom. The largest absolute Gasteiger partial charge is 0.441 e. The Balaban J connectivity index is 1.31. The number of hydrogen-bond acceptors (Lipinski definition) is 7. The van der Waals surface area contributed by atoms with Gasteiger partial charge in [0.15, 0.2) is 21.5 Å². The SMILES string of the molecule is CC1C2CC(S(=O)(=O)c3cc(C(=O)Nc4ccc(F)c(F)c4)ccc3Cl)CC1C2(O)CNC(=O)c1ncco1. The number of anilines is 1. The zero-order valence-electron chi connectivity index (χ0n) is 20.5. The number of carbonyl (C=O) groups is 2. The van der Waals surface area contributed by atoms with Crippen molar-refractivity contribution in [3.8, 4) is 0 Å². The second kappa shape index (κ2) is 10.00. The van der Waals surface area contributed by atoms with E-state index < -0.39 is 56.0 Å². The van der Waals surface area contributed by atoms with Gasteiger partial charge in [0.25, 0.3) is 11.8 Å². The van der Waals surface area contributed by atoms with Crippen molar-refractivity contribution >= 4 is 38.9 Å². The lowest BCUT2D eigenvalue weighted by Crippen LogP contribution is -2.70. The van der Waals surface area contributed by atoms with Gasteiger partial charge in [0.1, 0.15) is 6.26 Å². The summed E-state index contributed by atoms with van der Waals surface area (Å²) in [6.07, 6.45) is 2.84. The van der Waals surface area contributed by atoms with Gasteiger partial charge in [-0.25, -0.2) is 22.2 Å². The van der Waals surface area contributed by atoms with E-state index in [0.29, 0.717) is 0 Å². The van der Waals surface area contributed by atoms with Gasteiger partial charge in [-0.2, -0.15) is 0 Å². The molecular formula is C26H24ClF2N3O6S. The Morgan fingerprint density at radius 1 is 1.13 bits per heavy atom. The molecular weight excluding hydrogens is 556 g/mol. The van der Waals surface area contributed by atoms with Crippen LogP contribution in [-0.2, 0) is 9.84 Å². The minimum atomic E-state index is -4.02. The number of benzene rings is 2. The van der Waals surface area contributed by atoms with E-state index in [0.717, 1.165) is 18.2 Å². The van der Waals surface area contributed by atoms with E-state index >= 15 is 0 Å². The predicted molar refractivity (Wildman–Crippen MR) is 136 cm³/mol. The van der Waals surface area contributed by atoms with Crippen molar-refractivity contribution in [3.05, 3.63) is 77.0 Å². The van der Waals surface area contributed by atoms with Gasteiger partial charge < -0.3 is 20.2 Å². The Kier molecular flexibility index (Phi) is 6.98. The third-order valence-corrected chi connectivity index (χ3v) is 10.5. The molecule has 39 heavy (non-hydrogen) atoms. The van der Waals surface area contributed by atoms with Crippen LogP contribution >= 0.6 is 11.6 Å². The molecule has 6 rings (SSSR count). The number of hydrogen-bond donors (Lipinski definition) is 3. The standard InChI is InChI=1S/C26H24ClF2N3O6S/c1-13-17-10-16(11-18(13)26(17,35)12-31-24(34)25-30-6-7-38-25)39(36,37)22-8-14(2-4-19(22)27)23(33)32-15-3-5-20(28)21(29)9-15/h2-9,13,16-18,35H,10-12H2,1H3,(H,31,34)(H,32,33). The molecule has 3 aliphatic rings. The van der Waals surface area contributed by atoms with E-state index in [1.807, 2.05) is 6.92 Å². The zero-order valence-corrected chi connectivity index (χ0v) is 22.1. The van der Waals surface area contributed by atoms with E-state index in [1.54, 1.807) is 0 Å². The number of amides is 2. The zero-order chi connectivity index (χ0) is 28.1. The van der Waals surface area contributed by atoms with Gasteiger partial charge in [0.2, 0.25) is 0 Å². The molecule has 2 atom stereocenters. The molecule has 3 saturated carbocycles. The Hall–Kier alpha value is -3.35. The van der Waals surface area contributed by atoms with Crippen LogP contribution in [0.5, 0.6) is 0 Å². The molecule has 13 heteroatoms. The van der Waals surface area contributed by atoms with Crippen LogP contribution in [0.25, 0.3) is 0 Å². The predicted octanol–water partition coefficient (Wildman–Crippen LogP) is 3.84. The van der Waals surface area contributed by atoms with Crippen LogP contribution in [0.2, 0.25) is 5.02 Å². The Labute approximate surface area is 227 Å². The molecule has 0 spiro atoms. The smallest absolute Gasteiger partial charge is 0.307 e. The lowest BCUT2D eigenvalue weighted by atomic mass is 9.48. The van der Waals surface area contributed by atoms with E-state index in [1.165, 1.54) is 30.7 Å². The van der Waals surface area contributed by atoms with Gasteiger partial charge >= 0.3 is 5.91 Å². The number of nitrogens with one attached hydrogen (secondary N) is 2. The van der Waals surface area contributed by atoms with Crippen LogP contribution in [0.4, 0.5) is 14.5 Å². The van der Waals surface area contributed by atoms with Crippen LogP contribution in [0.3, 0.4) is 0 Å². The molecule has 2 amide bonds. The number of carbonyl (C=O) groups excluding carboxylic acids is 2. The fourth-order valence-electron chi connectivity index (χ4n) is 5.82. The number of halogens is 3. The minimum absolute atomic E-state index is 0.00572. The third kappa shape index (κ3) is 4.81. The monoisotopic (exact) mass is 579 g/mol. The van der Waals surface area contributed by atoms with Crippen molar-refractivity contribution in [3.63, 3.8) is 0 Å². The highest BCUT2D eigenvalue weighted by atomic mass is 35.5. The maximum atomic E-state index is 13.6.